The van der Waals surface area contributed by atoms with Crippen LogP contribution in [-0.4, -0.2) is 36.1 Å². The third kappa shape index (κ3) is 2.15. The number of fused-ring (bicyclic) bond motifs is 3. The van der Waals surface area contributed by atoms with E-state index in [2.05, 4.69) is 39.5 Å². The molecule has 0 saturated carbocycles. The van der Waals surface area contributed by atoms with Gasteiger partial charge in [0.05, 0.1) is 0 Å². The second-order valence-electron chi connectivity index (χ2n) is 6.25. The number of rotatable bonds is 2. The average Bonchev–Trinajstić information content (AvgIpc) is 2.88. The van der Waals surface area contributed by atoms with Crippen LogP contribution in [0, 0.1) is 0 Å². The summed E-state index contributed by atoms with van der Waals surface area (Å²) in [4.78, 5) is 6.34. The van der Waals surface area contributed by atoms with Crippen LogP contribution in [0.25, 0.3) is 10.9 Å². The number of piperidine rings is 1. The van der Waals surface area contributed by atoms with Crippen molar-refractivity contribution < 1.29 is 0 Å². The van der Waals surface area contributed by atoms with Crippen molar-refractivity contribution in [2.45, 2.75) is 31.7 Å². The van der Waals surface area contributed by atoms with E-state index >= 15 is 0 Å². The van der Waals surface area contributed by atoms with E-state index in [1.807, 2.05) is 0 Å². The number of nitrogens with one attached hydrogen (secondary N) is 2. The van der Waals surface area contributed by atoms with Crippen molar-refractivity contribution in [1.29, 1.82) is 0 Å². The van der Waals surface area contributed by atoms with E-state index < -0.39 is 0 Å². The molecule has 4 rings (SSSR count). The highest BCUT2D eigenvalue weighted by Gasteiger charge is 2.26. The Balaban J connectivity index is 1.63. The molecule has 2 aliphatic rings. The van der Waals surface area contributed by atoms with Crippen LogP contribution in [0.4, 0.5) is 0 Å². The molecular weight excluding hydrogens is 246 g/mol. The molecule has 0 amide bonds. The van der Waals surface area contributed by atoms with E-state index in [1.165, 1.54) is 61.1 Å². The zero-order valence-electron chi connectivity index (χ0n) is 12.0. The van der Waals surface area contributed by atoms with Gasteiger partial charge >= 0.3 is 0 Å². The van der Waals surface area contributed by atoms with Crippen LogP contribution in [0.5, 0.6) is 0 Å². The van der Waals surface area contributed by atoms with Gasteiger partial charge in [0.2, 0.25) is 0 Å². The van der Waals surface area contributed by atoms with E-state index in [-0.39, 0.29) is 0 Å². The predicted molar refractivity (Wildman–Crippen MR) is 83.0 cm³/mol. The summed E-state index contributed by atoms with van der Waals surface area (Å²) in [7, 11) is 0. The highest BCUT2D eigenvalue weighted by Crippen LogP contribution is 2.31. The second kappa shape index (κ2) is 5.23. The number of hydrogen-bond donors (Lipinski definition) is 2. The lowest BCUT2D eigenvalue weighted by Gasteiger charge is -2.32. The van der Waals surface area contributed by atoms with Crippen LogP contribution in [0.1, 0.15) is 36.4 Å². The standard InChI is InChI=1S/C17H23N3/c1-4-8-20(9-5-1)12-13-10-18-11-15-14-6-2-3-7-16(14)19-17(13)15/h2-3,6-7,13,18-19H,1,4-5,8-12H2. The first kappa shape index (κ1) is 12.4. The van der Waals surface area contributed by atoms with E-state index in [4.69, 9.17) is 0 Å². The van der Waals surface area contributed by atoms with Crippen LogP contribution in [0.15, 0.2) is 24.3 Å². The van der Waals surface area contributed by atoms with Crippen molar-refractivity contribution in [3.8, 4) is 0 Å². The molecule has 1 fully saturated rings. The summed E-state index contributed by atoms with van der Waals surface area (Å²) < 4.78 is 0. The van der Waals surface area contributed by atoms with Crippen LogP contribution >= 0.6 is 0 Å². The Morgan fingerprint density at radius 2 is 1.95 bits per heavy atom. The Morgan fingerprint density at radius 1 is 1.10 bits per heavy atom. The van der Waals surface area contributed by atoms with Gasteiger partial charge in [-0.2, -0.15) is 0 Å². The Kier molecular flexibility index (Phi) is 3.25. The molecule has 2 N–H and O–H groups in total. The molecule has 1 aromatic heterocycles. The van der Waals surface area contributed by atoms with Gasteiger partial charge in [-0.3, -0.25) is 0 Å². The minimum atomic E-state index is 0.615. The first-order valence-electron chi connectivity index (χ1n) is 7.94. The van der Waals surface area contributed by atoms with Gasteiger partial charge in [-0.15, -0.1) is 0 Å². The molecule has 3 nitrogen and oxygen atoms in total. The SMILES string of the molecule is c1ccc2c3c([nH]c2c1)C(CN1CCCCC1)CNC3. The molecule has 1 saturated heterocycles. The largest absolute Gasteiger partial charge is 0.358 e. The molecule has 20 heavy (non-hydrogen) atoms. The molecule has 1 unspecified atom stereocenters. The van der Waals surface area contributed by atoms with Crippen LogP contribution in [0.2, 0.25) is 0 Å². The average molecular weight is 269 g/mol. The number of hydrogen-bond acceptors (Lipinski definition) is 2. The van der Waals surface area contributed by atoms with Gasteiger partial charge in [-0.25, -0.2) is 0 Å². The fraction of sp³-hybridized carbons (Fsp3) is 0.529. The number of likely N-dealkylation sites (tertiary alicyclic amines) is 1. The van der Waals surface area contributed by atoms with Gasteiger partial charge in [0, 0.05) is 42.1 Å². The van der Waals surface area contributed by atoms with Crippen molar-refractivity contribution in [3.63, 3.8) is 0 Å². The van der Waals surface area contributed by atoms with Crippen molar-refractivity contribution in [3.05, 3.63) is 35.5 Å². The fourth-order valence-corrected chi connectivity index (χ4v) is 3.84. The molecule has 3 heterocycles. The Hall–Kier alpha value is -1.32. The summed E-state index contributed by atoms with van der Waals surface area (Å²) in [6.07, 6.45) is 4.16. The molecule has 3 heteroatoms. The van der Waals surface area contributed by atoms with Crippen molar-refractivity contribution in [2.75, 3.05) is 26.2 Å². The quantitative estimate of drug-likeness (QED) is 0.878. The van der Waals surface area contributed by atoms with Gasteiger partial charge in [0.1, 0.15) is 0 Å². The monoisotopic (exact) mass is 269 g/mol. The molecule has 0 spiro atoms. The summed E-state index contributed by atoms with van der Waals surface area (Å²) in [6, 6.07) is 8.71. The highest BCUT2D eigenvalue weighted by molar-refractivity contribution is 5.85. The zero-order chi connectivity index (χ0) is 13.4. The lowest BCUT2D eigenvalue weighted by molar-refractivity contribution is 0.210. The summed E-state index contributed by atoms with van der Waals surface area (Å²) >= 11 is 0. The smallest absolute Gasteiger partial charge is 0.0459 e. The number of aromatic nitrogens is 1. The maximum absolute atomic E-state index is 3.69. The maximum Gasteiger partial charge on any atom is 0.0459 e. The van der Waals surface area contributed by atoms with Gasteiger partial charge in [-0.1, -0.05) is 24.6 Å². The van der Waals surface area contributed by atoms with Crippen LogP contribution in [-0.2, 0) is 6.54 Å². The van der Waals surface area contributed by atoms with E-state index in [9.17, 15) is 0 Å². The predicted octanol–water partition coefficient (Wildman–Crippen LogP) is 2.84. The van der Waals surface area contributed by atoms with Crippen molar-refractivity contribution in [2.24, 2.45) is 0 Å². The third-order valence-corrected chi connectivity index (χ3v) is 4.87. The second-order valence-corrected chi connectivity index (χ2v) is 6.25. The maximum atomic E-state index is 3.69. The van der Waals surface area contributed by atoms with E-state index in [0.29, 0.717) is 5.92 Å². The summed E-state index contributed by atoms with van der Waals surface area (Å²) in [6.45, 7) is 5.89. The van der Waals surface area contributed by atoms with Crippen LogP contribution in [0.3, 0.4) is 0 Å². The Labute approximate surface area is 120 Å². The summed E-state index contributed by atoms with van der Waals surface area (Å²) in [5.41, 5.74) is 4.27. The molecule has 1 aromatic carbocycles. The van der Waals surface area contributed by atoms with E-state index in [1.54, 1.807) is 0 Å². The van der Waals surface area contributed by atoms with Gasteiger partial charge in [-0.05, 0) is 37.6 Å². The first-order valence-corrected chi connectivity index (χ1v) is 7.94. The van der Waals surface area contributed by atoms with E-state index in [0.717, 1.165) is 13.1 Å². The number of benzene rings is 1. The van der Waals surface area contributed by atoms with Gasteiger partial charge in [0.15, 0.2) is 0 Å². The summed E-state index contributed by atoms with van der Waals surface area (Å²) in [5, 5.41) is 5.01. The molecule has 0 aliphatic carbocycles. The number of nitrogens with zero attached hydrogens (tertiary/aromatic N) is 1. The van der Waals surface area contributed by atoms with Crippen molar-refractivity contribution in [1.82, 2.24) is 15.2 Å². The molecule has 0 radical (unpaired) electrons. The normalized spacial score (nSPS) is 23.9. The number of aromatic amines is 1. The molecular formula is C17H23N3. The lowest BCUT2D eigenvalue weighted by Crippen LogP contribution is -2.39. The van der Waals surface area contributed by atoms with Crippen molar-refractivity contribution >= 4 is 10.9 Å². The molecule has 1 atom stereocenters. The van der Waals surface area contributed by atoms with Gasteiger partial charge in [0.25, 0.3) is 0 Å². The third-order valence-electron chi connectivity index (χ3n) is 4.87. The zero-order valence-corrected chi connectivity index (χ0v) is 12.0. The van der Waals surface area contributed by atoms with Gasteiger partial charge < -0.3 is 15.2 Å². The highest BCUT2D eigenvalue weighted by atomic mass is 15.1. The number of H-pyrrole nitrogens is 1. The minimum Gasteiger partial charge on any atom is -0.358 e. The van der Waals surface area contributed by atoms with Crippen LogP contribution < -0.4 is 5.32 Å². The topological polar surface area (TPSA) is 31.1 Å². The first-order chi connectivity index (χ1) is 9.92. The Bertz CT molecular complexity index is 595. The molecule has 0 bridgehead atoms. The Morgan fingerprint density at radius 3 is 2.85 bits per heavy atom. The molecule has 106 valence electrons. The molecule has 2 aliphatic heterocycles. The lowest BCUT2D eigenvalue weighted by atomic mass is 9.95. The molecule has 2 aromatic rings. The number of para-hydroxylation sites is 1. The minimum absolute atomic E-state index is 0.615. The summed E-state index contributed by atoms with van der Waals surface area (Å²) in [5.74, 6) is 0.615. The fourth-order valence-electron chi connectivity index (χ4n) is 3.84.